The molecule has 2 aliphatic heterocycles. The monoisotopic (exact) mass is 879 g/mol. The van der Waals surface area contributed by atoms with Crippen molar-refractivity contribution in [2.75, 3.05) is 58.3 Å². The molecule has 0 amide bonds. The van der Waals surface area contributed by atoms with Gasteiger partial charge in [-0.25, -0.2) is 0 Å². The molecule has 2 aliphatic rings. The number of rotatable bonds is 23. The second kappa shape index (κ2) is 20.0. The molecule has 2 aromatic rings. The Kier molecular flexibility index (Phi) is 16.2. The summed E-state index contributed by atoms with van der Waals surface area (Å²) in [5.74, 6) is -1.40. The average molecular weight is 880 g/mol. The van der Waals surface area contributed by atoms with Crippen molar-refractivity contribution in [3.63, 3.8) is 0 Å². The highest BCUT2D eigenvalue weighted by Crippen LogP contribution is 2.51. The van der Waals surface area contributed by atoms with Crippen LogP contribution in [0.5, 0.6) is 0 Å². The number of carboxylic acids is 1. The SMILES string of the molecule is COCCN1C(=CC=CC=CC=CC2=[N+](CCCCCC(=O)O)c3ccc(S(=O)(=O)O)cc3C2(C)CCCS(=O)(=O)O)C(C)(CCOC)c2cc(S(=O)(=O)OC)ccc21. The van der Waals surface area contributed by atoms with Crippen LogP contribution in [0.25, 0.3) is 0 Å². The lowest BCUT2D eigenvalue weighted by atomic mass is 9.76. The summed E-state index contributed by atoms with van der Waals surface area (Å²) in [7, 11) is -8.46. The van der Waals surface area contributed by atoms with Crippen molar-refractivity contribution in [3.8, 4) is 0 Å². The summed E-state index contributed by atoms with van der Waals surface area (Å²) >= 11 is 0. The Morgan fingerprint density at radius 2 is 1.44 bits per heavy atom. The number of fused-ring (bicyclic) bond motifs is 2. The van der Waals surface area contributed by atoms with Gasteiger partial charge in [-0.1, -0.05) is 30.4 Å². The molecule has 3 N–H and O–H groups in total. The zero-order valence-electron chi connectivity index (χ0n) is 34.0. The minimum atomic E-state index is -4.57. The summed E-state index contributed by atoms with van der Waals surface area (Å²) in [6.45, 7) is 5.68. The summed E-state index contributed by atoms with van der Waals surface area (Å²) < 4.78 is 110. The number of allylic oxidation sites excluding steroid dienone is 8. The van der Waals surface area contributed by atoms with Gasteiger partial charge in [0, 0.05) is 74.7 Å². The van der Waals surface area contributed by atoms with Gasteiger partial charge in [0.25, 0.3) is 30.4 Å². The van der Waals surface area contributed by atoms with Crippen LogP contribution in [0.15, 0.2) is 94.4 Å². The van der Waals surface area contributed by atoms with Crippen molar-refractivity contribution in [2.24, 2.45) is 0 Å². The van der Waals surface area contributed by atoms with Gasteiger partial charge in [-0.15, -0.1) is 0 Å². The van der Waals surface area contributed by atoms with Crippen molar-refractivity contribution in [1.29, 1.82) is 0 Å². The highest BCUT2D eigenvalue weighted by atomic mass is 32.2. The number of ether oxygens (including phenoxy) is 2. The standard InChI is InChI=1S/C41H54N2O13S3/c1-40(22-14-28-57(46,47)48)33-29-31(58(49,50)51)18-20-35(33)42(24-13-9-12-17-39(44)45)37(40)15-10-7-6-8-11-16-38-41(2,23-26-54-3)34-30-32(59(52,53)56-5)19-21-36(34)43(38)25-27-55-4/h6-8,10-11,15-16,18-21,29-30H,9,12-14,17,22-28H2,1-5H3,(H2-,44,45,46,47,48,49,50,51)/p+1. The molecule has 4 rings (SSSR count). The normalized spacial score (nSPS) is 20.5. The van der Waals surface area contributed by atoms with Crippen LogP contribution in [0.3, 0.4) is 0 Å². The lowest BCUT2D eigenvalue weighted by Crippen LogP contribution is -2.32. The van der Waals surface area contributed by atoms with Crippen molar-refractivity contribution < 1.29 is 62.5 Å². The minimum absolute atomic E-state index is 0.0251. The van der Waals surface area contributed by atoms with Crippen molar-refractivity contribution in [1.82, 2.24) is 0 Å². The third kappa shape index (κ3) is 11.6. The van der Waals surface area contributed by atoms with Gasteiger partial charge >= 0.3 is 5.97 Å². The largest absolute Gasteiger partial charge is 0.481 e. The van der Waals surface area contributed by atoms with Gasteiger partial charge in [0.2, 0.25) is 5.69 Å². The van der Waals surface area contributed by atoms with Crippen molar-refractivity contribution in [3.05, 3.63) is 95.8 Å². The number of carboxylic acid groups (broad SMARTS) is 1. The number of hydrogen-bond acceptors (Lipinski definition) is 11. The maximum atomic E-state index is 12.7. The van der Waals surface area contributed by atoms with Gasteiger partial charge in [-0.05, 0) is 87.9 Å². The molecule has 0 saturated carbocycles. The van der Waals surface area contributed by atoms with Gasteiger partial charge in [-0.3, -0.25) is 18.1 Å². The Morgan fingerprint density at radius 3 is 2.08 bits per heavy atom. The van der Waals surface area contributed by atoms with Gasteiger partial charge in [-0.2, -0.15) is 29.8 Å². The highest BCUT2D eigenvalue weighted by molar-refractivity contribution is 7.86. The van der Waals surface area contributed by atoms with Crippen molar-refractivity contribution in [2.45, 2.75) is 79.4 Å². The van der Waals surface area contributed by atoms with Crippen LogP contribution in [0.4, 0.5) is 11.4 Å². The van der Waals surface area contributed by atoms with E-state index in [1.807, 2.05) is 48.8 Å². The number of benzene rings is 2. The van der Waals surface area contributed by atoms with E-state index in [0.29, 0.717) is 63.2 Å². The maximum absolute atomic E-state index is 12.7. The first-order chi connectivity index (χ1) is 27.7. The topological polar surface area (TPSA) is 214 Å². The summed E-state index contributed by atoms with van der Waals surface area (Å²) in [5.41, 5.74) is 2.95. The number of unbranched alkanes of at least 4 members (excludes halogenated alkanes) is 2. The van der Waals surface area contributed by atoms with Crippen molar-refractivity contribution >= 4 is 53.4 Å². The third-order valence-corrected chi connectivity index (χ3v) is 13.8. The molecule has 59 heavy (non-hydrogen) atoms. The molecular formula is C41H55N2O13S3+. The molecule has 0 radical (unpaired) electrons. The Hall–Kier alpha value is -4.01. The molecule has 0 fully saturated rings. The van der Waals surface area contributed by atoms with Crippen LogP contribution < -0.4 is 4.90 Å². The number of anilines is 1. The summed E-state index contributed by atoms with van der Waals surface area (Å²) in [4.78, 5) is 12.9. The number of carbonyl (C=O) groups is 1. The van der Waals surface area contributed by atoms with E-state index in [0.717, 1.165) is 29.8 Å². The fourth-order valence-corrected chi connectivity index (χ4v) is 9.49. The molecule has 18 heteroatoms. The van der Waals surface area contributed by atoms with E-state index < -0.39 is 52.9 Å². The predicted molar refractivity (Wildman–Crippen MR) is 224 cm³/mol. The number of hydrogen-bond donors (Lipinski definition) is 3. The molecule has 0 bridgehead atoms. The summed E-state index contributed by atoms with van der Waals surface area (Å²) in [6, 6.07) is 9.23. The minimum Gasteiger partial charge on any atom is -0.481 e. The Morgan fingerprint density at radius 1 is 0.780 bits per heavy atom. The van der Waals surface area contributed by atoms with Gasteiger partial charge in [0.1, 0.15) is 6.54 Å². The van der Waals surface area contributed by atoms with Crippen LogP contribution in [-0.4, -0.2) is 109 Å². The second-order valence-corrected chi connectivity index (χ2v) is 19.5. The lowest BCUT2D eigenvalue weighted by molar-refractivity contribution is -0.438. The third-order valence-electron chi connectivity index (χ3n) is 10.9. The Labute approximate surface area is 348 Å². The van der Waals surface area contributed by atoms with E-state index in [4.69, 9.17) is 18.8 Å². The zero-order chi connectivity index (χ0) is 43.6. The molecule has 2 heterocycles. The zero-order valence-corrected chi connectivity index (χ0v) is 36.5. The van der Waals surface area contributed by atoms with Crippen LogP contribution in [-0.2, 0) is 59.6 Å². The average Bonchev–Trinajstić information content (AvgIpc) is 3.54. The van der Waals surface area contributed by atoms with Crippen LogP contribution >= 0.6 is 0 Å². The number of aliphatic carboxylic acids is 1. The van der Waals surface area contributed by atoms with E-state index >= 15 is 0 Å². The lowest BCUT2D eigenvalue weighted by Gasteiger charge is -2.30. The first kappa shape index (κ1) is 47.7. The second-order valence-electron chi connectivity index (χ2n) is 14.8. The summed E-state index contributed by atoms with van der Waals surface area (Å²) in [6.07, 6.45) is 15.5. The van der Waals surface area contributed by atoms with Crippen LogP contribution in [0.1, 0.15) is 69.9 Å². The molecule has 324 valence electrons. The number of methoxy groups -OCH3 is 2. The highest BCUT2D eigenvalue weighted by Gasteiger charge is 2.48. The van der Waals surface area contributed by atoms with E-state index in [-0.39, 0.29) is 29.1 Å². The first-order valence-electron chi connectivity index (χ1n) is 19.1. The van der Waals surface area contributed by atoms with E-state index in [2.05, 4.69) is 4.90 Å². The number of nitrogens with zero attached hydrogens (tertiary/aromatic N) is 2. The molecule has 2 unspecified atom stereocenters. The quantitative estimate of drug-likeness (QED) is 0.0387. The fourth-order valence-electron chi connectivity index (χ4n) is 7.79. The molecule has 15 nitrogen and oxygen atoms in total. The van der Waals surface area contributed by atoms with Gasteiger partial charge < -0.3 is 19.5 Å². The molecule has 2 aromatic carbocycles. The summed E-state index contributed by atoms with van der Waals surface area (Å²) in [5, 5.41) is 9.10. The predicted octanol–water partition coefficient (Wildman–Crippen LogP) is 5.95. The van der Waals surface area contributed by atoms with Gasteiger partial charge in [0.15, 0.2) is 5.71 Å². The van der Waals surface area contributed by atoms with E-state index in [9.17, 15) is 39.2 Å². The Bertz CT molecular complexity index is 2350. The smallest absolute Gasteiger partial charge is 0.303 e. The molecular weight excluding hydrogens is 825 g/mol. The molecule has 0 aromatic heterocycles. The van der Waals surface area contributed by atoms with E-state index in [1.165, 1.54) is 18.2 Å². The fraction of sp³-hybridized carbons (Fsp3) is 0.463. The van der Waals surface area contributed by atoms with Gasteiger partial charge in [0.05, 0.1) is 34.7 Å². The molecule has 0 spiro atoms. The van der Waals surface area contributed by atoms with E-state index in [1.54, 1.807) is 44.6 Å². The molecule has 0 aliphatic carbocycles. The molecule has 0 saturated heterocycles. The first-order valence-corrected chi connectivity index (χ1v) is 23.6. The maximum Gasteiger partial charge on any atom is 0.303 e. The van der Waals surface area contributed by atoms with Crippen LogP contribution in [0, 0.1) is 0 Å². The molecule has 2 atom stereocenters. The van der Waals surface area contributed by atoms with Crippen LogP contribution in [0.2, 0.25) is 0 Å². The Balaban J connectivity index is 1.72.